The second-order valence-electron chi connectivity index (χ2n) is 7.63. The van der Waals surface area contributed by atoms with Crippen LogP contribution >= 0.6 is 11.8 Å². The van der Waals surface area contributed by atoms with Crippen LogP contribution < -0.4 is 15.9 Å². The summed E-state index contributed by atoms with van der Waals surface area (Å²) in [4.78, 5) is 25.1. The first-order valence-electron chi connectivity index (χ1n) is 10.2. The normalized spacial score (nSPS) is 14.6. The molecule has 1 aliphatic rings. The maximum absolute atomic E-state index is 15.4. The number of hydrogen-bond acceptors (Lipinski definition) is 5. The summed E-state index contributed by atoms with van der Waals surface area (Å²) in [5, 5.41) is 9.74. The molecule has 0 amide bonds. The van der Waals surface area contributed by atoms with Gasteiger partial charge in [0.25, 0.3) is 0 Å². The van der Waals surface area contributed by atoms with E-state index in [0.29, 0.717) is 22.7 Å². The minimum absolute atomic E-state index is 0.0333. The number of methoxy groups -OCH3 is 1. The van der Waals surface area contributed by atoms with Gasteiger partial charge in [0.2, 0.25) is 5.43 Å². The highest BCUT2D eigenvalue weighted by Crippen LogP contribution is 2.52. The molecular weight excluding hydrogens is 443 g/mol. The molecular formula is C25H19FN2O4S. The number of nitrogens with two attached hydrogens (primary N) is 1. The Labute approximate surface area is 192 Å². The lowest BCUT2D eigenvalue weighted by Crippen LogP contribution is -2.30. The number of aromatic carboxylic acids is 1. The van der Waals surface area contributed by atoms with Crippen molar-refractivity contribution in [2.24, 2.45) is 5.73 Å². The van der Waals surface area contributed by atoms with Crippen molar-refractivity contribution in [1.82, 2.24) is 4.57 Å². The molecule has 1 atom stereocenters. The van der Waals surface area contributed by atoms with Gasteiger partial charge < -0.3 is 20.1 Å². The zero-order chi connectivity index (χ0) is 23.3. The topological polar surface area (TPSA) is 94.6 Å². The Morgan fingerprint density at radius 3 is 2.48 bits per heavy atom. The number of hydrogen-bond donors (Lipinski definition) is 2. The lowest BCUT2D eigenvalue weighted by molar-refractivity contribution is 0.0689. The van der Waals surface area contributed by atoms with E-state index in [1.54, 1.807) is 28.8 Å². The van der Waals surface area contributed by atoms with E-state index in [1.807, 2.05) is 30.3 Å². The van der Waals surface area contributed by atoms with Crippen molar-refractivity contribution >= 4 is 28.6 Å². The molecule has 0 radical (unpaired) electrons. The van der Waals surface area contributed by atoms with Crippen LogP contribution in [0.4, 0.5) is 4.39 Å². The van der Waals surface area contributed by atoms with Crippen molar-refractivity contribution in [3.05, 3.63) is 93.4 Å². The third kappa shape index (κ3) is 3.21. The lowest BCUT2D eigenvalue weighted by atomic mass is 9.98. The third-order valence-corrected chi connectivity index (χ3v) is 7.12. The quantitative estimate of drug-likeness (QED) is 0.449. The van der Waals surface area contributed by atoms with Crippen LogP contribution in [0.25, 0.3) is 22.0 Å². The maximum atomic E-state index is 15.4. The highest BCUT2D eigenvalue weighted by Gasteiger charge is 2.38. The number of ether oxygens (including phenoxy) is 1. The fourth-order valence-electron chi connectivity index (χ4n) is 4.23. The number of carbonyl (C=O) groups is 1. The monoisotopic (exact) mass is 462 g/mol. The van der Waals surface area contributed by atoms with Gasteiger partial charge in [0, 0.05) is 6.54 Å². The summed E-state index contributed by atoms with van der Waals surface area (Å²) in [6.45, 7) is 0.356. The van der Waals surface area contributed by atoms with Gasteiger partial charge in [0.15, 0.2) is 5.75 Å². The van der Waals surface area contributed by atoms with E-state index in [2.05, 4.69) is 0 Å². The number of carboxylic acid groups (broad SMARTS) is 1. The summed E-state index contributed by atoms with van der Waals surface area (Å²) in [5.41, 5.74) is 7.55. The van der Waals surface area contributed by atoms with Crippen molar-refractivity contribution in [1.29, 1.82) is 0 Å². The van der Waals surface area contributed by atoms with Gasteiger partial charge in [-0.05, 0) is 22.8 Å². The Kier molecular flexibility index (Phi) is 5.19. The number of benzene rings is 3. The van der Waals surface area contributed by atoms with Crippen LogP contribution in [-0.4, -0.2) is 22.8 Å². The summed E-state index contributed by atoms with van der Waals surface area (Å²) in [6, 6.07) is 17.7. The zero-order valence-electron chi connectivity index (χ0n) is 17.5. The van der Waals surface area contributed by atoms with Gasteiger partial charge in [-0.25, -0.2) is 9.18 Å². The van der Waals surface area contributed by atoms with Crippen molar-refractivity contribution in [3.8, 4) is 16.9 Å². The number of halogens is 1. The summed E-state index contributed by atoms with van der Waals surface area (Å²) >= 11 is 1.29. The molecule has 33 heavy (non-hydrogen) atoms. The van der Waals surface area contributed by atoms with Gasteiger partial charge in [-0.3, -0.25) is 4.79 Å². The van der Waals surface area contributed by atoms with Crippen LogP contribution in [0.5, 0.6) is 5.75 Å². The molecule has 0 saturated carbocycles. The first-order chi connectivity index (χ1) is 16.0. The predicted octanol–water partition coefficient (Wildman–Crippen LogP) is 4.63. The Balaban J connectivity index is 1.88. The number of rotatable bonds is 5. The van der Waals surface area contributed by atoms with Gasteiger partial charge in [-0.2, -0.15) is 0 Å². The molecule has 5 rings (SSSR count). The first kappa shape index (κ1) is 21.2. The highest BCUT2D eigenvalue weighted by atomic mass is 32.2. The number of thioether (sulfide) groups is 1. The summed E-state index contributed by atoms with van der Waals surface area (Å²) in [6.07, 6.45) is 0. The van der Waals surface area contributed by atoms with E-state index >= 15 is 4.39 Å². The van der Waals surface area contributed by atoms with E-state index in [-0.39, 0.29) is 27.6 Å². The molecule has 1 aromatic heterocycles. The largest absolute Gasteiger partial charge is 0.494 e. The van der Waals surface area contributed by atoms with Crippen LogP contribution in [0.15, 0.2) is 70.5 Å². The number of nitrogens with zero attached hydrogens (tertiary/aromatic N) is 1. The number of pyridine rings is 1. The molecule has 0 bridgehead atoms. The fraction of sp³-hybridized carbons (Fsp3) is 0.120. The minimum atomic E-state index is -1.34. The number of fused-ring (bicyclic) bond motifs is 3. The molecule has 8 heteroatoms. The predicted molar refractivity (Wildman–Crippen MR) is 125 cm³/mol. The van der Waals surface area contributed by atoms with Gasteiger partial charge >= 0.3 is 5.97 Å². The summed E-state index contributed by atoms with van der Waals surface area (Å²) < 4.78 is 22.9. The van der Waals surface area contributed by atoms with Crippen LogP contribution in [0.2, 0.25) is 0 Å². The maximum Gasteiger partial charge on any atom is 0.342 e. The van der Waals surface area contributed by atoms with Gasteiger partial charge in [0.1, 0.15) is 16.8 Å². The average molecular weight is 463 g/mol. The smallest absolute Gasteiger partial charge is 0.342 e. The summed E-state index contributed by atoms with van der Waals surface area (Å²) in [5.74, 6) is -1.83. The molecule has 6 nitrogen and oxygen atoms in total. The van der Waals surface area contributed by atoms with Gasteiger partial charge in [-0.1, -0.05) is 66.4 Å². The van der Waals surface area contributed by atoms with Gasteiger partial charge in [0.05, 0.1) is 28.6 Å². The second-order valence-corrected chi connectivity index (χ2v) is 8.70. The van der Waals surface area contributed by atoms with Crippen LogP contribution in [0.3, 0.4) is 0 Å². The average Bonchev–Trinajstić information content (AvgIpc) is 2.81. The van der Waals surface area contributed by atoms with Crippen LogP contribution in [0, 0.1) is 5.82 Å². The van der Waals surface area contributed by atoms with Gasteiger partial charge in [-0.15, -0.1) is 0 Å². The molecule has 3 N–H and O–H groups in total. The van der Waals surface area contributed by atoms with E-state index in [9.17, 15) is 14.7 Å². The van der Waals surface area contributed by atoms with Crippen molar-refractivity contribution in [2.75, 3.05) is 7.11 Å². The fourth-order valence-corrected chi connectivity index (χ4v) is 5.50. The first-order valence-corrected chi connectivity index (χ1v) is 11.1. The van der Waals surface area contributed by atoms with Crippen molar-refractivity contribution < 1.29 is 19.0 Å². The number of aromatic nitrogens is 1. The third-order valence-electron chi connectivity index (χ3n) is 5.79. The number of carboxylic acids is 1. The Bertz CT molecular complexity index is 1470. The molecule has 3 aromatic carbocycles. The molecule has 1 aliphatic heterocycles. The zero-order valence-corrected chi connectivity index (χ0v) is 18.4. The SMILES string of the molecule is COc1c(-c2ccc(CN)cc2)c(F)cc2c(=O)c(C(=O)O)c3n(c12)C(c1ccccc1)S3. The molecule has 0 saturated heterocycles. The molecule has 1 unspecified atom stereocenters. The Hall–Kier alpha value is -3.62. The van der Waals surface area contributed by atoms with E-state index in [4.69, 9.17) is 10.5 Å². The Morgan fingerprint density at radius 2 is 1.88 bits per heavy atom. The second kappa shape index (κ2) is 8.06. The standard InChI is InChI=1S/C25H19FN2O4S/c1-32-22-18(14-9-7-13(12-27)8-10-14)17(26)11-16-20(22)28-23(15-5-3-2-4-6-15)33-24(28)19(21(16)29)25(30)31/h2-11,23H,12,27H2,1H3,(H,30,31). The van der Waals surface area contributed by atoms with Crippen LogP contribution in [0.1, 0.15) is 26.9 Å². The molecule has 0 aliphatic carbocycles. The molecule has 4 aromatic rings. The molecule has 2 heterocycles. The van der Waals surface area contributed by atoms with E-state index in [0.717, 1.165) is 17.2 Å². The molecule has 0 fully saturated rings. The van der Waals surface area contributed by atoms with Crippen molar-refractivity contribution in [2.45, 2.75) is 16.9 Å². The minimum Gasteiger partial charge on any atom is -0.494 e. The lowest BCUT2D eigenvalue weighted by Gasteiger charge is -2.36. The van der Waals surface area contributed by atoms with E-state index in [1.165, 1.54) is 18.9 Å². The summed E-state index contributed by atoms with van der Waals surface area (Å²) in [7, 11) is 1.41. The van der Waals surface area contributed by atoms with Crippen LogP contribution in [-0.2, 0) is 6.54 Å². The molecule has 166 valence electrons. The highest BCUT2D eigenvalue weighted by molar-refractivity contribution is 8.00. The molecule has 0 spiro atoms. The Morgan fingerprint density at radius 1 is 1.18 bits per heavy atom. The van der Waals surface area contributed by atoms with Crippen molar-refractivity contribution in [3.63, 3.8) is 0 Å². The van der Waals surface area contributed by atoms with E-state index < -0.39 is 17.2 Å².